The number of nitrogens with zero attached hydrogens (tertiary/aromatic N) is 1. The Bertz CT molecular complexity index is 357. The summed E-state index contributed by atoms with van der Waals surface area (Å²) in [4.78, 5) is 11.2. The fourth-order valence-corrected chi connectivity index (χ4v) is 1.43. The number of aryl methyl sites for hydroxylation is 1. The van der Waals surface area contributed by atoms with Gasteiger partial charge in [0.05, 0.1) is 18.9 Å². The molecule has 64 valence electrons. The van der Waals surface area contributed by atoms with Crippen molar-refractivity contribution >= 4 is 0 Å². The van der Waals surface area contributed by atoms with Crippen molar-refractivity contribution in [2.24, 2.45) is 0 Å². The molecule has 0 fully saturated rings. The second-order valence-corrected chi connectivity index (χ2v) is 2.90. The van der Waals surface area contributed by atoms with E-state index in [0.717, 1.165) is 16.8 Å². The van der Waals surface area contributed by atoms with Gasteiger partial charge in [-0.1, -0.05) is 0 Å². The Kier molecular flexibility index (Phi) is 1.69. The minimum atomic E-state index is -0.0705. The highest BCUT2D eigenvalue weighted by atomic mass is 16.5. The molecule has 1 N–H and O–H groups in total. The van der Waals surface area contributed by atoms with Gasteiger partial charge in [-0.15, -0.1) is 0 Å². The molecule has 1 aliphatic heterocycles. The molecule has 0 atom stereocenters. The topological polar surface area (TPSA) is 55.0 Å². The molecule has 1 aliphatic rings. The molecule has 2 rings (SSSR count). The third kappa shape index (κ3) is 1.04. The van der Waals surface area contributed by atoms with Crippen LogP contribution in [0.15, 0.2) is 4.79 Å². The molecule has 0 aromatic carbocycles. The van der Waals surface area contributed by atoms with Crippen molar-refractivity contribution in [3.63, 3.8) is 0 Å². The molecule has 0 saturated carbocycles. The van der Waals surface area contributed by atoms with Crippen LogP contribution in [0.2, 0.25) is 0 Å². The van der Waals surface area contributed by atoms with E-state index in [4.69, 9.17) is 4.74 Å². The van der Waals surface area contributed by atoms with Gasteiger partial charge in [0.1, 0.15) is 0 Å². The number of hydrogen-bond acceptors (Lipinski definition) is 3. The van der Waals surface area contributed by atoms with E-state index in [1.807, 2.05) is 6.92 Å². The predicted octanol–water partition coefficient (Wildman–Crippen LogP) is 0.151. The summed E-state index contributed by atoms with van der Waals surface area (Å²) in [6.07, 6.45) is 0.702. The Balaban J connectivity index is 2.64. The molecule has 1 aromatic heterocycles. The van der Waals surface area contributed by atoms with Gasteiger partial charge in [0.2, 0.25) is 0 Å². The molecule has 1 aromatic rings. The van der Waals surface area contributed by atoms with Crippen LogP contribution in [-0.2, 0) is 17.8 Å². The summed E-state index contributed by atoms with van der Waals surface area (Å²) < 4.78 is 5.24. The maximum atomic E-state index is 11.2. The van der Waals surface area contributed by atoms with E-state index in [1.54, 1.807) is 0 Å². The van der Waals surface area contributed by atoms with Crippen LogP contribution in [-0.4, -0.2) is 16.8 Å². The molecule has 12 heavy (non-hydrogen) atoms. The first-order valence-corrected chi connectivity index (χ1v) is 3.94. The minimum absolute atomic E-state index is 0.0705. The average Bonchev–Trinajstić information content (AvgIpc) is 2.12. The molecule has 0 aliphatic carbocycles. The van der Waals surface area contributed by atoms with Gasteiger partial charge in [-0.05, 0) is 6.92 Å². The van der Waals surface area contributed by atoms with Crippen LogP contribution in [0.25, 0.3) is 0 Å². The zero-order valence-corrected chi connectivity index (χ0v) is 6.89. The largest absolute Gasteiger partial charge is 0.376 e. The number of ether oxygens (including phenoxy) is 1. The second kappa shape index (κ2) is 2.71. The fourth-order valence-electron chi connectivity index (χ4n) is 1.43. The van der Waals surface area contributed by atoms with Gasteiger partial charge in [-0.2, -0.15) is 5.10 Å². The number of nitrogens with one attached hydrogen (secondary N) is 1. The van der Waals surface area contributed by atoms with Crippen LogP contribution in [0.3, 0.4) is 0 Å². The zero-order valence-electron chi connectivity index (χ0n) is 6.89. The molecule has 0 saturated heterocycles. The zero-order chi connectivity index (χ0) is 8.55. The van der Waals surface area contributed by atoms with E-state index in [9.17, 15) is 4.79 Å². The smallest absolute Gasteiger partial charge is 0.267 e. The number of aromatic amines is 1. The van der Waals surface area contributed by atoms with Crippen LogP contribution in [0.5, 0.6) is 0 Å². The molecule has 4 heteroatoms. The summed E-state index contributed by atoms with van der Waals surface area (Å²) in [6.45, 7) is 3.04. The van der Waals surface area contributed by atoms with Crippen molar-refractivity contribution in [3.05, 3.63) is 27.2 Å². The van der Waals surface area contributed by atoms with Crippen LogP contribution < -0.4 is 5.56 Å². The van der Waals surface area contributed by atoms with Crippen molar-refractivity contribution in [3.8, 4) is 0 Å². The fraction of sp³-hybridized carbons (Fsp3) is 0.500. The van der Waals surface area contributed by atoms with E-state index >= 15 is 0 Å². The molecule has 0 amide bonds. The number of aromatic nitrogens is 2. The summed E-state index contributed by atoms with van der Waals surface area (Å²) in [5, 5.41) is 6.34. The number of rotatable bonds is 0. The normalized spacial score (nSPS) is 15.8. The predicted molar refractivity (Wildman–Crippen MR) is 43.0 cm³/mol. The van der Waals surface area contributed by atoms with Gasteiger partial charge >= 0.3 is 0 Å². The number of fused-ring (bicyclic) bond motifs is 1. The Morgan fingerprint density at radius 2 is 2.33 bits per heavy atom. The summed E-state index contributed by atoms with van der Waals surface area (Å²) in [5.41, 5.74) is 2.60. The van der Waals surface area contributed by atoms with Crippen molar-refractivity contribution in [1.29, 1.82) is 0 Å². The van der Waals surface area contributed by atoms with Crippen molar-refractivity contribution in [1.82, 2.24) is 10.2 Å². The van der Waals surface area contributed by atoms with Crippen LogP contribution in [0.4, 0.5) is 0 Å². The van der Waals surface area contributed by atoms with E-state index in [2.05, 4.69) is 10.2 Å². The Morgan fingerprint density at radius 1 is 1.50 bits per heavy atom. The monoisotopic (exact) mass is 166 g/mol. The van der Waals surface area contributed by atoms with Gasteiger partial charge in [-0.3, -0.25) is 4.79 Å². The molecule has 4 nitrogen and oxygen atoms in total. The maximum absolute atomic E-state index is 11.2. The maximum Gasteiger partial charge on any atom is 0.267 e. The van der Waals surface area contributed by atoms with Gasteiger partial charge in [0.15, 0.2) is 0 Å². The van der Waals surface area contributed by atoms with E-state index in [1.165, 1.54) is 0 Å². The quantitative estimate of drug-likeness (QED) is 0.597. The molecular formula is C8H10N2O2. The first-order chi connectivity index (χ1) is 5.79. The molecule has 0 bridgehead atoms. The van der Waals surface area contributed by atoms with Gasteiger partial charge in [0.25, 0.3) is 5.56 Å². The highest BCUT2D eigenvalue weighted by Gasteiger charge is 2.15. The number of hydrogen-bond donors (Lipinski definition) is 1. The summed E-state index contributed by atoms with van der Waals surface area (Å²) in [5.74, 6) is 0. The third-order valence-corrected chi connectivity index (χ3v) is 2.14. The molecular weight excluding hydrogens is 156 g/mol. The highest BCUT2D eigenvalue weighted by Crippen LogP contribution is 2.13. The van der Waals surface area contributed by atoms with E-state index in [0.29, 0.717) is 19.6 Å². The number of H-pyrrole nitrogens is 1. The molecule has 0 spiro atoms. The lowest BCUT2D eigenvalue weighted by Crippen LogP contribution is -2.24. The third-order valence-electron chi connectivity index (χ3n) is 2.14. The SMILES string of the molecule is Cc1n[nH]c(=O)c2c1COCC2. The first-order valence-electron chi connectivity index (χ1n) is 3.94. The van der Waals surface area contributed by atoms with E-state index in [-0.39, 0.29) is 5.56 Å². The van der Waals surface area contributed by atoms with Gasteiger partial charge in [0, 0.05) is 17.5 Å². The molecule has 0 unspecified atom stereocenters. The van der Waals surface area contributed by atoms with Crippen molar-refractivity contribution < 1.29 is 4.74 Å². The van der Waals surface area contributed by atoms with Gasteiger partial charge in [-0.25, -0.2) is 5.10 Å². The van der Waals surface area contributed by atoms with Crippen molar-refractivity contribution in [2.75, 3.05) is 6.61 Å². The van der Waals surface area contributed by atoms with Crippen LogP contribution in [0, 0.1) is 6.92 Å². The standard InChI is InChI=1S/C8H10N2O2/c1-5-7-4-12-3-2-6(7)8(11)10-9-5/h2-4H2,1H3,(H,10,11). The van der Waals surface area contributed by atoms with Gasteiger partial charge < -0.3 is 4.74 Å². The van der Waals surface area contributed by atoms with Crippen molar-refractivity contribution in [2.45, 2.75) is 20.0 Å². The Hall–Kier alpha value is -1.16. The average molecular weight is 166 g/mol. The minimum Gasteiger partial charge on any atom is -0.376 e. The second-order valence-electron chi connectivity index (χ2n) is 2.90. The van der Waals surface area contributed by atoms with Crippen LogP contribution in [0.1, 0.15) is 16.8 Å². The summed E-state index contributed by atoms with van der Waals surface area (Å²) >= 11 is 0. The molecule has 0 radical (unpaired) electrons. The Morgan fingerprint density at radius 3 is 3.08 bits per heavy atom. The highest BCUT2D eigenvalue weighted by molar-refractivity contribution is 5.27. The van der Waals surface area contributed by atoms with E-state index < -0.39 is 0 Å². The summed E-state index contributed by atoms with van der Waals surface area (Å²) in [7, 11) is 0. The Labute approximate surface area is 69.6 Å². The lowest BCUT2D eigenvalue weighted by molar-refractivity contribution is 0.109. The van der Waals surface area contributed by atoms with Crippen LogP contribution >= 0.6 is 0 Å². The first kappa shape index (κ1) is 7.49. The molecule has 2 heterocycles. The lowest BCUT2D eigenvalue weighted by atomic mass is 10.1. The lowest BCUT2D eigenvalue weighted by Gasteiger charge is -2.15. The summed E-state index contributed by atoms with van der Waals surface area (Å²) in [6, 6.07) is 0.